The van der Waals surface area contributed by atoms with E-state index in [2.05, 4.69) is 5.32 Å². The van der Waals surface area contributed by atoms with Crippen LogP contribution in [-0.2, 0) is 24.8 Å². The molecule has 0 atom stereocenters. The first kappa shape index (κ1) is 29.0. The fourth-order valence-corrected chi connectivity index (χ4v) is 5.69. The van der Waals surface area contributed by atoms with Gasteiger partial charge in [0.2, 0.25) is 15.9 Å². The molecular weight excluding hydrogens is 530 g/mol. The second-order valence-corrected chi connectivity index (χ2v) is 12.5. The van der Waals surface area contributed by atoms with Crippen molar-refractivity contribution in [1.82, 2.24) is 9.62 Å². The Morgan fingerprint density at radius 1 is 0.789 bits per heavy atom. The monoisotopic (exact) mass is 561 g/mol. The highest BCUT2D eigenvalue weighted by molar-refractivity contribution is 7.92. The zero-order valence-corrected chi connectivity index (χ0v) is 23.3. The summed E-state index contributed by atoms with van der Waals surface area (Å²) >= 11 is 0. The molecule has 0 radical (unpaired) electrons. The fourth-order valence-electron chi connectivity index (χ4n) is 3.37. The number of carbonyl (C=O) groups excluding carboxylic acids is 1. The summed E-state index contributed by atoms with van der Waals surface area (Å²) in [7, 11) is -3.17. The molecule has 3 aromatic carbocycles. The number of aryl methyl sites for hydroxylation is 1. The first-order valence-electron chi connectivity index (χ1n) is 11.6. The Balaban J connectivity index is 1.65. The van der Waals surface area contributed by atoms with Crippen LogP contribution in [0.2, 0.25) is 0 Å². The van der Waals surface area contributed by atoms with Crippen molar-refractivity contribution in [2.45, 2.75) is 16.7 Å². The number of amides is 1. The molecule has 1 amide bonds. The fraction of sp³-hybridized carbons (Fsp3) is 0.269. The maximum atomic E-state index is 13.4. The number of carbonyl (C=O) groups is 1. The maximum Gasteiger partial charge on any atom is 0.264 e. The SMILES string of the molecule is COc1ccc(N(CC(=O)NCCOc2ccc(S(=O)(=O)N(C)C)cc2)S(=O)(=O)c2ccc(C)cc2)cc1. The number of anilines is 1. The molecule has 0 fully saturated rings. The van der Waals surface area contributed by atoms with Crippen molar-refractivity contribution in [2.24, 2.45) is 0 Å². The summed E-state index contributed by atoms with van der Waals surface area (Å²) in [6.45, 7) is 1.61. The summed E-state index contributed by atoms with van der Waals surface area (Å²) < 4.78 is 64.1. The van der Waals surface area contributed by atoms with Gasteiger partial charge >= 0.3 is 0 Å². The Morgan fingerprint density at radius 3 is 1.87 bits per heavy atom. The van der Waals surface area contributed by atoms with Crippen LogP contribution < -0.4 is 19.1 Å². The number of rotatable bonds is 12. The number of sulfonamides is 2. The standard InChI is InChI=1S/C26H31N3O7S2/c1-20-5-13-25(14-6-20)38(33,34)29(21-7-9-22(35-4)10-8-21)19-26(30)27-17-18-36-23-11-15-24(16-12-23)37(31,32)28(2)3/h5-16H,17-19H2,1-4H3,(H,27,30). The average Bonchev–Trinajstić information content (AvgIpc) is 2.90. The zero-order valence-electron chi connectivity index (χ0n) is 21.6. The van der Waals surface area contributed by atoms with E-state index in [-0.39, 0.29) is 22.9 Å². The van der Waals surface area contributed by atoms with Crippen LogP contribution in [0.5, 0.6) is 11.5 Å². The van der Waals surface area contributed by atoms with Gasteiger partial charge in [-0.25, -0.2) is 21.1 Å². The molecular formula is C26H31N3O7S2. The Labute approximate surface area is 223 Å². The Hall–Kier alpha value is -3.61. The lowest BCUT2D eigenvalue weighted by molar-refractivity contribution is -0.119. The van der Waals surface area contributed by atoms with Gasteiger partial charge in [-0.05, 0) is 67.6 Å². The predicted octanol–water partition coefficient (Wildman–Crippen LogP) is 2.64. The lowest BCUT2D eigenvalue weighted by Crippen LogP contribution is -2.41. The minimum absolute atomic E-state index is 0.0646. The van der Waals surface area contributed by atoms with E-state index in [0.717, 1.165) is 14.2 Å². The van der Waals surface area contributed by atoms with Crippen LogP contribution in [0.25, 0.3) is 0 Å². The van der Waals surface area contributed by atoms with E-state index in [0.29, 0.717) is 17.2 Å². The van der Waals surface area contributed by atoms with Crippen molar-refractivity contribution in [3.05, 3.63) is 78.4 Å². The van der Waals surface area contributed by atoms with Crippen molar-refractivity contribution in [3.8, 4) is 11.5 Å². The minimum atomic E-state index is -4.03. The molecule has 204 valence electrons. The van der Waals surface area contributed by atoms with Gasteiger partial charge in [0.25, 0.3) is 10.0 Å². The third-order valence-corrected chi connectivity index (χ3v) is 9.17. The highest BCUT2D eigenvalue weighted by Gasteiger charge is 2.27. The molecule has 0 aliphatic heterocycles. The minimum Gasteiger partial charge on any atom is -0.497 e. The predicted molar refractivity (Wildman–Crippen MR) is 145 cm³/mol. The first-order valence-corrected chi connectivity index (χ1v) is 14.5. The van der Waals surface area contributed by atoms with Gasteiger partial charge in [0, 0.05) is 14.1 Å². The number of hydrogen-bond acceptors (Lipinski definition) is 7. The van der Waals surface area contributed by atoms with Gasteiger partial charge < -0.3 is 14.8 Å². The van der Waals surface area contributed by atoms with Crippen LogP contribution in [0.15, 0.2) is 82.6 Å². The van der Waals surface area contributed by atoms with E-state index in [1.54, 1.807) is 36.4 Å². The van der Waals surface area contributed by atoms with E-state index in [1.807, 2.05) is 6.92 Å². The van der Waals surface area contributed by atoms with E-state index in [9.17, 15) is 21.6 Å². The van der Waals surface area contributed by atoms with Gasteiger partial charge in [-0.1, -0.05) is 17.7 Å². The summed E-state index contributed by atoms with van der Waals surface area (Å²) in [5.41, 5.74) is 1.22. The van der Waals surface area contributed by atoms with Crippen LogP contribution in [-0.4, -0.2) is 67.9 Å². The summed E-state index contributed by atoms with van der Waals surface area (Å²) in [6.07, 6.45) is 0. The largest absolute Gasteiger partial charge is 0.497 e. The highest BCUT2D eigenvalue weighted by Crippen LogP contribution is 2.26. The lowest BCUT2D eigenvalue weighted by atomic mass is 10.2. The molecule has 10 nitrogen and oxygen atoms in total. The molecule has 12 heteroatoms. The van der Waals surface area contributed by atoms with Gasteiger partial charge in [-0.2, -0.15) is 0 Å². The smallest absolute Gasteiger partial charge is 0.264 e. The molecule has 0 saturated carbocycles. The molecule has 0 bridgehead atoms. The molecule has 0 spiro atoms. The van der Waals surface area contributed by atoms with Gasteiger partial charge in [-0.3, -0.25) is 9.10 Å². The van der Waals surface area contributed by atoms with E-state index >= 15 is 0 Å². The van der Waals surface area contributed by atoms with Crippen molar-refractivity contribution < 1.29 is 31.1 Å². The van der Waals surface area contributed by atoms with Crippen molar-refractivity contribution >= 4 is 31.6 Å². The van der Waals surface area contributed by atoms with Crippen molar-refractivity contribution in [1.29, 1.82) is 0 Å². The molecule has 38 heavy (non-hydrogen) atoms. The number of methoxy groups -OCH3 is 1. The molecule has 3 aromatic rings. The van der Waals surface area contributed by atoms with Gasteiger partial charge in [-0.15, -0.1) is 0 Å². The third kappa shape index (κ3) is 7.03. The molecule has 3 rings (SSSR count). The second-order valence-electron chi connectivity index (χ2n) is 8.48. The zero-order chi connectivity index (χ0) is 27.9. The van der Waals surface area contributed by atoms with Gasteiger partial charge in [0.15, 0.2) is 0 Å². The summed E-state index contributed by atoms with van der Waals surface area (Å²) in [6, 6.07) is 18.7. The second kappa shape index (κ2) is 12.3. The molecule has 0 saturated heterocycles. The molecule has 0 heterocycles. The van der Waals surface area contributed by atoms with Gasteiger partial charge in [0.05, 0.1) is 29.1 Å². The number of benzene rings is 3. The van der Waals surface area contributed by atoms with Crippen LogP contribution in [0, 0.1) is 6.92 Å². The van der Waals surface area contributed by atoms with E-state index < -0.39 is 32.5 Å². The van der Waals surface area contributed by atoms with Crippen LogP contribution in [0.3, 0.4) is 0 Å². The Bertz CT molecular complexity index is 1440. The highest BCUT2D eigenvalue weighted by atomic mass is 32.2. The molecule has 0 aliphatic rings. The van der Waals surface area contributed by atoms with E-state index in [1.165, 1.54) is 57.6 Å². The van der Waals surface area contributed by atoms with Crippen LogP contribution in [0.1, 0.15) is 5.56 Å². The van der Waals surface area contributed by atoms with E-state index in [4.69, 9.17) is 9.47 Å². The molecule has 0 aromatic heterocycles. The van der Waals surface area contributed by atoms with Crippen LogP contribution in [0.4, 0.5) is 5.69 Å². The number of nitrogens with one attached hydrogen (secondary N) is 1. The lowest BCUT2D eigenvalue weighted by Gasteiger charge is -2.24. The van der Waals surface area contributed by atoms with Crippen LogP contribution >= 0.6 is 0 Å². The van der Waals surface area contributed by atoms with Gasteiger partial charge in [0.1, 0.15) is 24.7 Å². The average molecular weight is 562 g/mol. The normalized spacial score (nSPS) is 11.7. The third-order valence-electron chi connectivity index (χ3n) is 5.55. The number of hydrogen-bond donors (Lipinski definition) is 1. The summed E-state index contributed by atoms with van der Waals surface area (Å²) in [5, 5.41) is 2.66. The van der Waals surface area contributed by atoms with Crippen molar-refractivity contribution in [2.75, 3.05) is 45.2 Å². The number of nitrogens with zero attached hydrogens (tertiary/aromatic N) is 2. The Kier molecular flexibility index (Phi) is 9.36. The molecule has 1 N–H and O–H groups in total. The van der Waals surface area contributed by atoms with Crippen molar-refractivity contribution in [3.63, 3.8) is 0 Å². The molecule has 0 unspecified atom stereocenters. The topological polar surface area (TPSA) is 122 Å². The quantitative estimate of drug-likeness (QED) is 0.337. The maximum absolute atomic E-state index is 13.4. The first-order chi connectivity index (χ1) is 17.9. The summed E-state index contributed by atoms with van der Waals surface area (Å²) in [4.78, 5) is 12.9. The Morgan fingerprint density at radius 2 is 1.32 bits per heavy atom. The summed E-state index contributed by atoms with van der Waals surface area (Å²) in [5.74, 6) is 0.460. The molecule has 0 aliphatic carbocycles. The number of ether oxygens (including phenoxy) is 2.